The standard InChI is InChI=1S/C29H32N4O4/c34-28(30-16-13-21-14-17-37-18-15-21)24-8-4-7-23-25(12-11-20-9-10-20)33(31-27(23)24)26(29(35)32-36)19-22-5-2-1-3-6-22/h1-8,20-21,26,36H,9-10,13-19H2,(H,30,34)(H,32,35). The minimum Gasteiger partial charge on any atom is -0.381 e. The number of benzene rings is 2. The van der Waals surface area contributed by atoms with Crippen LogP contribution in [0.4, 0.5) is 0 Å². The van der Waals surface area contributed by atoms with E-state index in [4.69, 9.17) is 9.84 Å². The predicted molar refractivity (Wildman–Crippen MR) is 139 cm³/mol. The maximum absolute atomic E-state index is 13.2. The lowest BCUT2D eigenvalue weighted by Crippen LogP contribution is -2.33. The highest BCUT2D eigenvalue weighted by Gasteiger charge is 2.27. The minimum absolute atomic E-state index is 0.199. The number of hydrogen-bond acceptors (Lipinski definition) is 5. The molecule has 1 aromatic heterocycles. The van der Waals surface area contributed by atoms with Crippen LogP contribution in [0.15, 0.2) is 48.5 Å². The fraction of sp³-hybridized carbons (Fsp3) is 0.414. The molecule has 1 aliphatic carbocycles. The molecule has 3 N–H and O–H groups in total. The van der Waals surface area contributed by atoms with Gasteiger partial charge in [0.1, 0.15) is 17.3 Å². The normalized spacial score (nSPS) is 16.6. The lowest BCUT2D eigenvalue weighted by atomic mass is 9.96. The largest absolute Gasteiger partial charge is 0.381 e. The van der Waals surface area contributed by atoms with Crippen molar-refractivity contribution in [2.45, 2.75) is 44.6 Å². The molecule has 1 saturated carbocycles. The Balaban J connectivity index is 1.47. The SMILES string of the molecule is O=C(NCCC1CCOCC1)c1cccc2c(C#CC3CC3)n(C(Cc3ccccc3)C(=O)NO)nc12. The number of hydrogen-bond donors (Lipinski definition) is 3. The summed E-state index contributed by atoms with van der Waals surface area (Å²) in [7, 11) is 0. The summed E-state index contributed by atoms with van der Waals surface area (Å²) >= 11 is 0. The van der Waals surface area contributed by atoms with Crippen LogP contribution in [-0.2, 0) is 16.0 Å². The van der Waals surface area contributed by atoms with Gasteiger partial charge in [0, 0.05) is 37.5 Å². The molecule has 8 nitrogen and oxygen atoms in total. The van der Waals surface area contributed by atoms with Crippen molar-refractivity contribution in [3.63, 3.8) is 0 Å². The molecule has 1 atom stereocenters. The third-order valence-electron chi connectivity index (χ3n) is 7.10. The number of fused-ring (bicyclic) bond motifs is 1. The number of hydroxylamine groups is 1. The van der Waals surface area contributed by atoms with Crippen molar-refractivity contribution in [2.24, 2.45) is 11.8 Å². The van der Waals surface area contributed by atoms with Crippen LogP contribution in [0.3, 0.4) is 0 Å². The molecule has 2 fully saturated rings. The molecule has 1 unspecified atom stereocenters. The number of rotatable bonds is 8. The lowest BCUT2D eigenvalue weighted by molar-refractivity contribution is -0.133. The number of carbonyl (C=O) groups excluding carboxylic acids is 2. The van der Waals surface area contributed by atoms with E-state index < -0.39 is 11.9 Å². The number of ether oxygens (including phenoxy) is 1. The second-order valence-electron chi connectivity index (χ2n) is 9.82. The topological polar surface area (TPSA) is 105 Å². The Morgan fingerprint density at radius 2 is 1.86 bits per heavy atom. The van der Waals surface area contributed by atoms with E-state index in [0.717, 1.165) is 50.9 Å². The second-order valence-corrected chi connectivity index (χ2v) is 9.82. The number of nitrogens with zero attached hydrogens (tertiary/aromatic N) is 2. The van der Waals surface area contributed by atoms with E-state index in [2.05, 4.69) is 17.2 Å². The molecule has 5 rings (SSSR count). The summed E-state index contributed by atoms with van der Waals surface area (Å²) in [6.07, 6.45) is 5.39. The van der Waals surface area contributed by atoms with Gasteiger partial charge in [0.2, 0.25) is 0 Å². The van der Waals surface area contributed by atoms with Crippen molar-refractivity contribution < 1.29 is 19.5 Å². The van der Waals surface area contributed by atoms with Gasteiger partial charge in [0.15, 0.2) is 0 Å². The first-order chi connectivity index (χ1) is 18.1. The maximum Gasteiger partial charge on any atom is 0.268 e. The first-order valence-corrected chi connectivity index (χ1v) is 13.0. The Bertz CT molecular complexity index is 1310. The highest BCUT2D eigenvalue weighted by Crippen LogP contribution is 2.30. The molecule has 0 bridgehead atoms. The van der Waals surface area contributed by atoms with Crippen LogP contribution in [0, 0.1) is 23.7 Å². The van der Waals surface area contributed by atoms with Gasteiger partial charge in [-0.2, -0.15) is 5.10 Å². The Kier molecular flexibility index (Phi) is 7.83. The van der Waals surface area contributed by atoms with Crippen LogP contribution in [0.1, 0.15) is 59.8 Å². The van der Waals surface area contributed by atoms with Crippen LogP contribution >= 0.6 is 0 Å². The van der Waals surface area contributed by atoms with E-state index in [1.807, 2.05) is 42.5 Å². The van der Waals surface area contributed by atoms with Crippen molar-refractivity contribution >= 4 is 22.7 Å². The Hall–Kier alpha value is -3.67. The fourth-order valence-electron chi connectivity index (χ4n) is 4.78. The molecule has 1 saturated heterocycles. The van der Waals surface area contributed by atoms with Crippen molar-refractivity contribution in [2.75, 3.05) is 19.8 Å². The Morgan fingerprint density at radius 3 is 2.59 bits per heavy atom. The van der Waals surface area contributed by atoms with Gasteiger partial charge in [-0.05, 0) is 61.6 Å². The van der Waals surface area contributed by atoms with Gasteiger partial charge in [0.05, 0.1) is 5.56 Å². The molecule has 0 radical (unpaired) electrons. The summed E-state index contributed by atoms with van der Waals surface area (Å²) in [6, 6.07) is 14.2. The van der Waals surface area contributed by atoms with Gasteiger partial charge < -0.3 is 10.1 Å². The molecule has 8 heteroatoms. The number of carbonyl (C=O) groups is 2. The monoisotopic (exact) mass is 500 g/mol. The fourth-order valence-corrected chi connectivity index (χ4v) is 4.78. The van der Waals surface area contributed by atoms with Crippen LogP contribution in [0.5, 0.6) is 0 Å². The summed E-state index contributed by atoms with van der Waals surface area (Å²) in [5.41, 5.74) is 4.22. The van der Waals surface area contributed by atoms with E-state index in [1.54, 1.807) is 16.2 Å². The number of amides is 2. The van der Waals surface area contributed by atoms with Crippen LogP contribution in [0.25, 0.3) is 10.9 Å². The molecule has 2 amide bonds. The molecule has 2 aromatic carbocycles. The summed E-state index contributed by atoms with van der Waals surface area (Å²) in [5, 5.41) is 18.1. The lowest BCUT2D eigenvalue weighted by Gasteiger charge is -2.21. The molecule has 37 heavy (non-hydrogen) atoms. The summed E-state index contributed by atoms with van der Waals surface area (Å²) in [5.74, 6) is 6.62. The molecule has 2 heterocycles. The van der Waals surface area contributed by atoms with Crippen LogP contribution in [-0.4, -0.2) is 46.6 Å². The molecule has 2 aliphatic rings. The smallest absolute Gasteiger partial charge is 0.268 e. The molecule has 192 valence electrons. The van der Waals surface area contributed by atoms with Crippen molar-refractivity contribution in [1.82, 2.24) is 20.6 Å². The highest BCUT2D eigenvalue weighted by molar-refractivity contribution is 6.06. The summed E-state index contributed by atoms with van der Waals surface area (Å²) in [6.45, 7) is 2.15. The molecule has 3 aromatic rings. The Labute approximate surface area is 216 Å². The van der Waals surface area contributed by atoms with Crippen molar-refractivity contribution in [3.8, 4) is 11.8 Å². The molecule has 0 spiro atoms. The van der Waals surface area contributed by atoms with Gasteiger partial charge in [0.25, 0.3) is 11.8 Å². The zero-order valence-corrected chi connectivity index (χ0v) is 20.8. The maximum atomic E-state index is 13.2. The van der Waals surface area contributed by atoms with E-state index in [1.165, 1.54) is 0 Å². The predicted octanol–water partition coefficient (Wildman–Crippen LogP) is 3.63. The summed E-state index contributed by atoms with van der Waals surface area (Å²) < 4.78 is 6.99. The number of nitrogens with one attached hydrogen (secondary N) is 2. The molecule has 1 aliphatic heterocycles. The first kappa shape index (κ1) is 25.0. The first-order valence-electron chi connectivity index (χ1n) is 13.0. The van der Waals surface area contributed by atoms with E-state index >= 15 is 0 Å². The van der Waals surface area contributed by atoms with E-state index in [9.17, 15) is 14.8 Å². The van der Waals surface area contributed by atoms with Crippen LogP contribution in [0.2, 0.25) is 0 Å². The highest BCUT2D eigenvalue weighted by atomic mass is 16.5. The Morgan fingerprint density at radius 1 is 1.08 bits per heavy atom. The third kappa shape index (κ3) is 6.01. The van der Waals surface area contributed by atoms with Gasteiger partial charge in [-0.3, -0.25) is 14.8 Å². The average molecular weight is 501 g/mol. The van der Waals surface area contributed by atoms with Crippen molar-refractivity contribution in [1.29, 1.82) is 0 Å². The van der Waals surface area contributed by atoms with Gasteiger partial charge in [-0.15, -0.1) is 0 Å². The second kappa shape index (κ2) is 11.6. The zero-order chi connectivity index (χ0) is 25.6. The van der Waals surface area contributed by atoms with Crippen LogP contribution < -0.4 is 10.8 Å². The van der Waals surface area contributed by atoms with E-state index in [0.29, 0.717) is 47.0 Å². The third-order valence-corrected chi connectivity index (χ3v) is 7.10. The van der Waals surface area contributed by atoms with Gasteiger partial charge in [-0.25, -0.2) is 10.2 Å². The molecular formula is C29H32N4O4. The number of aromatic nitrogens is 2. The van der Waals surface area contributed by atoms with E-state index in [-0.39, 0.29) is 5.91 Å². The molecular weight excluding hydrogens is 468 g/mol. The average Bonchev–Trinajstić information content (AvgIpc) is 3.70. The van der Waals surface area contributed by atoms with Gasteiger partial charge >= 0.3 is 0 Å². The van der Waals surface area contributed by atoms with Gasteiger partial charge in [-0.1, -0.05) is 42.3 Å². The quantitative estimate of drug-likeness (QED) is 0.249. The zero-order valence-electron chi connectivity index (χ0n) is 20.8. The van der Waals surface area contributed by atoms with Crippen molar-refractivity contribution in [3.05, 3.63) is 65.4 Å². The minimum atomic E-state index is -0.840. The summed E-state index contributed by atoms with van der Waals surface area (Å²) in [4.78, 5) is 26.1.